The predicted molar refractivity (Wildman–Crippen MR) is 222 cm³/mol. The van der Waals surface area contributed by atoms with Crippen LogP contribution in [0.3, 0.4) is 0 Å². The van der Waals surface area contributed by atoms with Crippen molar-refractivity contribution in [2.24, 2.45) is 0 Å². The Labute approximate surface area is 374 Å². The highest BCUT2D eigenvalue weighted by Crippen LogP contribution is 2.35. The fourth-order valence-electron chi connectivity index (χ4n) is 7.33. The average molecular weight is 933 g/mol. The Bertz CT molecular complexity index is 3000. The van der Waals surface area contributed by atoms with E-state index in [2.05, 4.69) is 52.2 Å². The number of nitrogens with one attached hydrogen (secondary N) is 3. The molecule has 2 aliphatic rings. The van der Waals surface area contributed by atoms with E-state index in [1.54, 1.807) is 6.07 Å². The second kappa shape index (κ2) is 18.3. The van der Waals surface area contributed by atoms with Gasteiger partial charge in [0.2, 0.25) is 17.4 Å². The van der Waals surface area contributed by atoms with Crippen molar-refractivity contribution < 1.29 is 50.9 Å². The van der Waals surface area contributed by atoms with Gasteiger partial charge in [-0.2, -0.15) is 33.9 Å². The Balaban J connectivity index is 0.000000206. The Morgan fingerprint density at radius 1 is 0.776 bits per heavy atom. The summed E-state index contributed by atoms with van der Waals surface area (Å²) in [4.78, 5) is 54.7. The van der Waals surface area contributed by atoms with Crippen molar-refractivity contribution in [1.82, 2.24) is 60.0 Å². The van der Waals surface area contributed by atoms with Crippen LogP contribution in [0.1, 0.15) is 38.8 Å². The summed E-state index contributed by atoms with van der Waals surface area (Å²) in [5.74, 6) is -2.94. The molecule has 0 spiro atoms. The monoisotopic (exact) mass is 932 g/mol. The van der Waals surface area contributed by atoms with Crippen molar-refractivity contribution in [2.45, 2.75) is 43.1 Å². The number of aliphatic hydroxyl groups is 1. The summed E-state index contributed by atoms with van der Waals surface area (Å²) < 4.78 is 80.8. The van der Waals surface area contributed by atoms with Crippen LogP contribution in [0.5, 0.6) is 11.8 Å². The molecule has 8 heterocycles. The maximum Gasteiger partial charge on any atom is 0.426 e. The van der Waals surface area contributed by atoms with Crippen molar-refractivity contribution in [3.05, 3.63) is 71.6 Å². The van der Waals surface area contributed by atoms with Gasteiger partial charge in [0.05, 0.1) is 55.4 Å². The number of carbonyl (C=O) groups excluding carboxylic acids is 3. The number of aromatic nitrogens is 8. The largest absolute Gasteiger partial charge is 0.480 e. The molecule has 0 bridgehead atoms. The van der Waals surface area contributed by atoms with Crippen molar-refractivity contribution in [3.8, 4) is 46.4 Å². The standard InChI is InChI=1S/C22H20F4N8O4.C18H17FN8O2/c1-21(37,22(24,25)26)20(36)33-7-13(23)14(8-33)32-18(35)12-3-11(6-29-19(12)38-2)16-10(5-27)4-15-17(28)30-9-31-34(15)16;1-29-18-11(17(28)26-13-7-22-6-12(13)19)2-10(5-23-18)15-9(4-20)3-14-16(21)24-8-25-27(14)15/h3-4,6,9,13-14,37H,7-8H2,1-2H3,(H,32,35)(H2,28,30,31);2-3,5,8,12-13,22H,6-7H2,1H3,(H,26,28)(H2,21,24,25)/t13-,14+,21+;12-,13+/m00/s1. The smallest absolute Gasteiger partial charge is 0.426 e. The second-order valence-corrected chi connectivity index (χ2v) is 15.1. The van der Waals surface area contributed by atoms with Gasteiger partial charge in [0.15, 0.2) is 11.6 Å². The quantitative estimate of drug-likeness (QED) is 0.111. The fourth-order valence-corrected chi connectivity index (χ4v) is 7.33. The normalized spacial score (nSPS) is 18.9. The summed E-state index contributed by atoms with van der Waals surface area (Å²) in [7, 11) is 2.61. The van der Waals surface area contributed by atoms with Crippen molar-refractivity contribution in [2.75, 3.05) is 51.9 Å². The lowest BCUT2D eigenvalue weighted by atomic mass is 10.1. The van der Waals surface area contributed by atoms with Gasteiger partial charge in [-0.3, -0.25) is 14.4 Å². The van der Waals surface area contributed by atoms with Gasteiger partial charge < -0.3 is 46.9 Å². The molecule has 0 saturated carbocycles. The Kier molecular flexibility index (Phi) is 12.7. The summed E-state index contributed by atoms with van der Waals surface area (Å²) in [6.07, 6.45) is -3.17. The molecule has 5 atom stereocenters. The first-order chi connectivity index (χ1) is 31.8. The Hall–Kier alpha value is -8.30. The van der Waals surface area contributed by atoms with Crippen LogP contribution in [-0.4, -0.2) is 143 Å². The molecule has 3 amide bonds. The number of ether oxygens (including phenoxy) is 2. The van der Waals surface area contributed by atoms with Gasteiger partial charge in [-0.25, -0.2) is 37.7 Å². The van der Waals surface area contributed by atoms with Crippen LogP contribution in [0.15, 0.2) is 49.3 Å². The third-order valence-corrected chi connectivity index (χ3v) is 10.8. The van der Waals surface area contributed by atoms with Crippen LogP contribution in [0.25, 0.3) is 33.5 Å². The number of nitrogens with zero attached hydrogens (tertiary/aromatic N) is 11. The SMILES string of the molecule is COc1ncc(-c2c(C#N)cc3c(N)ncnn23)cc1C(=O)N[C@@H]1CN(C(=O)[C@@](C)(O)C(F)(F)F)C[C@@H]1F.COc1ncc(-c2c(C#N)cc3c(N)ncnn23)cc1C(=O)N[C@@H]1CNC[C@@H]1F. The third-order valence-electron chi connectivity index (χ3n) is 10.8. The lowest BCUT2D eigenvalue weighted by molar-refractivity contribution is -0.249. The summed E-state index contributed by atoms with van der Waals surface area (Å²) >= 11 is 0. The van der Waals surface area contributed by atoms with E-state index in [-0.39, 0.29) is 64.8 Å². The number of nitriles is 2. The molecule has 8 rings (SSSR count). The molecule has 27 heteroatoms. The first-order valence-corrected chi connectivity index (χ1v) is 19.7. The molecule has 67 heavy (non-hydrogen) atoms. The highest BCUT2D eigenvalue weighted by Gasteiger charge is 2.58. The van der Waals surface area contributed by atoms with Crippen molar-refractivity contribution in [1.29, 1.82) is 10.5 Å². The molecule has 0 aromatic carbocycles. The fraction of sp³-hybridized carbons (Fsp3) is 0.325. The van der Waals surface area contributed by atoms with Gasteiger partial charge in [0.1, 0.15) is 59.3 Å². The number of fused-ring (bicyclic) bond motifs is 2. The van der Waals surface area contributed by atoms with Gasteiger partial charge in [0, 0.05) is 43.2 Å². The van der Waals surface area contributed by atoms with E-state index in [0.717, 1.165) is 0 Å². The summed E-state index contributed by atoms with van der Waals surface area (Å²) in [6.45, 7) is -0.598. The van der Waals surface area contributed by atoms with Crippen molar-refractivity contribution in [3.63, 3.8) is 0 Å². The Morgan fingerprint density at radius 3 is 1.67 bits per heavy atom. The number of methoxy groups -OCH3 is 2. The number of nitrogens with two attached hydrogens (primary N) is 2. The Morgan fingerprint density at radius 2 is 1.25 bits per heavy atom. The highest BCUT2D eigenvalue weighted by molar-refractivity contribution is 5.99. The van der Waals surface area contributed by atoms with Gasteiger partial charge in [-0.1, -0.05) is 0 Å². The zero-order chi connectivity index (χ0) is 48.5. The number of amides is 3. The van der Waals surface area contributed by atoms with Gasteiger partial charge >= 0.3 is 6.18 Å². The lowest BCUT2D eigenvalue weighted by Crippen LogP contribution is -2.56. The molecule has 2 saturated heterocycles. The van der Waals surface area contributed by atoms with E-state index >= 15 is 0 Å². The van der Waals surface area contributed by atoms with Crippen LogP contribution in [0.4, 0.5) is 33.6 Å². The molecule has 6 aromatic heterocycles. The maximum absolute atomic E-state index is 14.7. The van der Waals surface area contributed by atoms with E-state index in [0.29, 0.717) is 39.3 Å². The van der Waals surface area contributed by atoms with Gasteiger partial charge in [0.25, 0.3) is 17.7 Å². The van der Waals surface area contributed by atoms with Gasteiger partial charge in [-0.15, -0.1) is 0 Å². The topological polar surface area (TPSA) is 315 Å². The number of hydrogen-bond donors (Lipinski definition) is 6. The summed E-state index contributed by atoms with van der Waals surface area (Å²) in [5, 5.41) is 44.9. The second-order valence-electron chi connectivity index (χ2n) is 15.1. The zero-order valence-electron chi connectivity index (χ0n) is 35.2. The van der Waals surface area contributed by atoms with E-state index < -0.39 is 67.0 Å². The number of anilines is 2. The molecule has 348 valence electrons. The average Bonchev–Trinajstić information content (AvgIpc) is 4.10. The van der Waals surface area contributed by atoms with Crippen LogP contribution in [0.2, 0.25) is 0 Å². The number of halogens is 5. The van der Waals surface area contributed by atoms with Crippen LogP contribution in [-0.2, 0) is 4.79 Å². The molecular weight excluding hydrogens is 896 g/mol. The third kappa shape index (κ3) is 8.79. The number of pyridine rings is 2. The molecular formula is C40H37F5N16O6. The molecule has 8 N–H and O–H groups in total. The molecule has 6 aromatic rings. The lowest BCUT2D eigenvalue weighted by Gasteiger charge is -2.29. The minimum absolute atomic E-state index is 0.0844. The molecule has 0 radical (unpaired) electrons. The molecule has 2 aliphatic heterocycles. The molecule has 0 aliphatic carbocycles. The van der Waals surface area contributed by atoms with Crippen LogP contribution in [0, 0.1) is 22.7 Å². The summed E-state index contributed by atoms with van der Waals surface area (Å²) in [6, 6.07) is 7.90. The van der Waals surface area contributed by atoms with Gasteiger partial charge in [-0.05, 0) is 31.2 Å². The van der Waals surface area contributed by atoms with E-state index in [9.17, 15) is 52.0 Å². The first-order valence-electron chi connectivity index (χ1n) is 19.7. The maximum atomic E-state index is 14.7. The van der Waals surface area contributed by atoms with Crippen molar-refractivity contribution >= 4 is 40.4 Å². The van der Waals surface area contributed by atoms with E-state index in [1.165, 1.54) is 66.5 Å². The number of hydrogen-bond acceptors (Lipinski definition) is 17. The number of alkyl halides is 5. The predicted octanol–water partition coefficient (Wildman–Crippen LogP) is 1.14. The minimum atomic E-state index is -5.28. The number of nitrogen functional groups attached to an aromatic ring is 2. The first kappa shape index (κ1) is 46.7. The van der Waals surface area contributed by atoms with Crippen LogP contribution < -0.4 is 36.9 Å². The number of rotatable bonds is 9. The van der Waals surface area contributed by atoms with E-state index in [4.69, 9.17) is 20.9 Å². The highest BCUT2D eigenvalue weighted by atomic mass is 19.4. The van der Waals surface area contributed by atoms with Crippen LogP contribution >= 0.6 is 0 Å². The molecule has 22 nitrogen and oxygen atoms in total. The molecule has 2 fully saturated rings. The minimum Gasteiger partial charge on any atom is -0.480 e. The number of likely N-dealkylation sites (tertiary alicyclic amines) is 1. The molecule has 0 unspecified atom stereocenters. The summed E-state index contributed by atoms with van der Waals surface area (Å²) in [5.41, 5.74) is 10.5. The van der Waals surface area contributed by atoms with E-state index in [1.807, 2.05) is 6.07 Å². The zero-order valence-corrected chi connectivity index (χ0v) is 35.2. The number of carbonyl (C=O) groups is 3.